The molecule has 2 aromatic carbocycles. The number of imidazole rings is 1. The molecule has 0 aliphatic rings. The lowest BCUT2D eigenvalue weighted by molar-refractivity contribution is 0.0697. The number of carboxylic acids is 1. The summed E-state index contributed by atoms with van der Waals surface area (Å²) in [6.45, 7) is 3.58. The Balaban J connectivity index is 1.98. The number of aromatic nitrogens is 2. The van der Waals surface area contributed by atoms with Crippen LogP contribution in [0.5, 0.6) is 0 Å². The number of nitrogens with zero attached hydrogens (tertiary/aromatic N) is 2. The molecule has 0 aliphatic heterocycles. The molecule has 3 rings (SSSR count). The fraction of sp³-hybridized carbons (Fsp3) is 0.261. The van der Waals surface area contributed by atoms with Gasteiger partial charge < -0.3 is 5.11 Å². The summed E-state index contributed by atoms with van der Waals surface area (Å²) in [5.74, 6) is -2.38. The molecule has 1 heterocycles. The van der Waals surface area contributed by atoms with Crippen LogP contribution in [0.25, 0.3) is 11.1 Å². The first kappa shape index (κ1) is 21.2. The van der Waals surface area contributed by atoms with Gasteiger partial charge in [0.25, 0.3) is 0 Å². The second kappa shape index (κ2) is 8.90. The molecule has 7 heteroatoms. The van der Waals surface area contributed by atoms with Crippen LogP contribution in [0.3, 0.4) is 0 Å². The van der Waals surface area contributed by atoms with E-state index in [1.165, 1.54) is 4.57 Å². The van der Waals surface area contributed by atoms with Crippen molar-refractivity contribution in [2.45, 2.75) is 39.7 Å². The van der Waals surface area contributed by atoms with Crippen molar-refractivity contribution in [3.05, 3.63) is 81.8 Å². The Kier molecular flexibility index (Phi) is 6.30. The average Bonchev–Trinajstić information content (AvgIpc) is 2.98. The highest BCUT2D eigenvalue weighted by Crippen LogP contribution is 2.24. The average molecular weight is 410 g/mol. The molecule has 0 spiro atoms. The van der Waals surface area contributed by atoms with Gasteiger partial charge in [-0.15, -0.1) is 0 Å². The first-order valence-electron chi connectivity index (χ1n) is 9.83. The van der Waals surface area contributed by atoms with Gasteiger partial charge in [-0.3, -0.25) is 9.36 Å². The van der Waals surface area contributed by atoms with Gasteiger partial charge in [-0.2, -0.15) is 4.39 Å². The van der Waals surface area contributed by atoms with E-state index >= 15 is 0 Å². The van der Waals surface area contributed by atoms with Crippen molar-refractivity contribution in [1.29, 1.82) is 0 Å². The molecule has 0 unspecified atom stereocenters. The van der Waals surface area contributed by atoms with Gasteiger partial charge in [0.15, 0.2) is 0 Å². The predicted octanol–water partition coefficient (Wildman–Crippen LogP) is 4.21. The maximum Gasteiger partial charge on any atom is 0.337 e. The zero-order chi connectivity index (χ0) is 21.8. The van der Waals surface area contributed by atoms with Crippen LogP contribution >= 0.6 is 0 Å². The molecule has 6 nitrogen and oxygen atoms in total. The SMILES string of the molecule is CCCc1c(F)n(C(=O)CC)c(=O)n1Cc1ccc(-c2ccccc2C(=O)O)cc1. The Morgan fingerprint density at radius 2 is 1.70 bits per heavy atom. The minimum absolute atomic E-state index is 0.0318. The Morgan fingerprint density at radius 1 is 1.03 bits per heavy atom. The largest absolute Gasteiger partial charge is 0.478 e. The third-order valence-corrected chi connectivity index (χ3v) is 4.98. The van der Waals surface area contributed by atoms with Gasteiger partial charge in [0.2, 0.25) is 11.9 Å². The first-order valence-corrected chi connectivity index (χ1v) is 9.83. The molecule has 1 aromatic heterocycles. The number of halogens is 1. The van der Waals surface area contributed by atoms with E-state index in [-0.39, 0.29) is 24.2 Å². The highest BCUT2D eigenvalue weighted by molar-refractivity contribution is 5.96. The maximum atomic E-state index is 14.8. The summed E-state index contributed by atoms with van der Waals surface area (Å²) in [5.41, 5.74) is 1.79. The Morgan fingerprint density at radius 3 is 2.30 bits per heavy atom. The van der Waals surface area contributed by atoms with Gasteiger partial charge in [0.05, 0.1) is 17.8 Å². The van der Waals surface area contributed by atoms with Crippen LogP contribution in [0.15, 0.2) is 53.3 Å². The second-order valence-corrected chi connectivity index (χ2v) is 6.99. The van der Waals surface area contributed by atoms with Crippen LogP contribution in [-0.4, -0.2) is 26.1 Å². The van der Waals surface area contributed by atoms with E-state index in [2.05, 4.69) is 0 Å². The third kappa shape index (κ3) is 3.96. The summed E-state index contributed by atoms with van der Waals surface area (Å²) in [6.07, 6.45) is 1.00. The van der Waals surface area contributed by atoms with E-state index in [9.17, 15) is 23.9 Å². The molecule has 0 saturated heterocycles. The zero-order valence-corrected chi connectivity index (χ0v) is 16.9. The Bertz CT molecular complexity index is 1140. The van der Waals surface area contributed by atoms with Crippen LogP contribution in [-0.2, 0) is 13.0 Å². The fourth-order valence-electron chi connectivity index (χ4n) is 3.47. The normalized spacial score (nSPS) is 10.9. The number of aromatic carboxylic acids is 1. The lowest BCUT2D eigenvalue weighted by Gasteiger charge is -2.09. The molecule has 0 bridgehead atoms. The minimum atomic E-state index is -1.01. The number of carbonyl (C=O) groups excluding carboxylic acids is 1. The van der Waals surface area contributed by atoms with E-state index < -0.39 is 23.5 Å². The van der Waals surface area contributed by atoms with E-state index in [1.54, 1.807) is 55.5 Å². The molecule has 3 aromatic rings. The Labute approximate surface area is 173 Å². The molecule has 1 N–H and O–H groups in total. The van der Waals surface area contributed by atoms with Crippen molar-refractivity contribution in [1.82, 2.24) is 9.13 Å². The van der Waals surface area contributed by atoms with Crippen LogP contribution in [0.2, 0.25) is 0 Å². The number of carboxylic acid groups (broad SMARTS) is 1. The van der Waals surface area contributed by atoms with Crippen LogP contribution < -0.4 is 5.69 Å². The lowest BCUT2D eigenvalue weighted by Crippen LogP contribution is -2.30. The van der Waals surface area contributed by atoms with Gasteiger partial charge in [-0.1, -0.05) is 62.7 Å². The van der Waals surface area contributed by atoms with Crippen molar-refractivity contribution in [2.24, 2.45) is 0 Å². The monoisotopic (exact) mass is 410 g/mol. The topological polar surface area (TPSA) is 81.3 Å². The maximum absolute atomic E-state index is 14.8. The zero-order valence-electron chi connectivity index (χ0n) is 16.9. The summed E-state index contributed by atoms with van der Waals surface area (Å²) >= 11 is 0. The number of hydrogen-bond donors (Lipinski definition) is 1. The molecule has 0 aliphatic carbocycles. The van der Waals surface area contributed by atoms with Crippen molar-refractivity contribution in [2.75, 3.05) is 0 Å². The highest BCUT2D eigenvalue weighted by atomic mass is 19.1. The quantitative estimate of drug-likeness (QED) is 0.633. The lowest BCUT2D eigenvalue weighted by atomic mass is 9.99. The predicted molar refractivity (Wildman–Crippen MR) is 112 cm³/mol. The van der Waals surface area contributed by atoms with Gasteiger partial charge >= 0.3 is 11.7 Å². The fourth-order valence-corrected chi connectivity index (χ4v) is 3.47. The summed E-state index contributed by atoms with van der Waals surface area (Å²) in [4.78, 5) is 36.2. The van der Waals surface area contributed by atoms with Crippen LogP contribution in [0.1, 0.15) is 53.1 Å². The summed E-state index contributed by atoms with van der Waals surface area (Å²) in [5, 5.41) is 9.38. The number of carbonyl (C=O) groups is 2. The molecule has 0 amide bonds. The molecule has 0 saturated carbocycles. The number of hydrogen-bond acceptors (Lipinski definition) is 3. The van der Waals surface area contributed by atoms with Gasteiger partial charge in [-0.25, -0.2) is 14.2 Å². The van der Waals surface area contributed by atoms with Crippen LogP contribution in [0, 0.1) is 5.95 Å². The van der Waals surface area contributed by atoms with E-state index in [0.29, 0.717) is 23.0 Å². The minimum Gasteiger partial charge on any atom is -0.478 e. The van der Waals surface area contributed by atoms with E-state index in [4.69, 9.17) is 0 Å². The molecule has 0 atom stereocenters. The van der Waals surface area contributed by atoms with E-state index in [1.807, 2.05) is 6.92 Å². The van der Waals surface area contributed by atoms with Gasteiger partial charge in [0.1, 0.15) is 0 Å². The van der Waals surface area contributed by atoms with Crippen LogP contribution in [0.4, 0.5) is 4.39 Å². The number of benzene rings is 2. The second-order valence-electron chi connectivity index (χ2n) is 6.99. The first-order chi connectivity index (χ1) is 14.4. The van der Waals surface area contributed by atoms with E-state index in [0.717, 1.165) is 11.1 Å². The standard InChI is InChI=1S/C23H23FN2O4/c1-3-7-19-21(24)26(20(27)4-2)23(30)25(19)14-15-10-12-16(13-11-15)17-8-5-6-9-18(17)22(28)29/h5-6,8-13H,3-4,7,14H2,1-2H3,(H,28,29). The Hall–Kier alpha value is -3.48. The molecular formula is C23H23FN2O4. The van der Waals surface area contributed by atoms with Gasteiger partial charge in [-0.05, 0) is 29.2 Å². The van der Waals surface area contributed by atoms with Gasteiger partial charge in [0, 0.05) is 6.42 Å². The molecule has 30 heavy (non-hydrogen) atoms. The van der Waals surface area contributed by atoms with Crippen molar-refractivity contribution >= 4 is 11.9 Å². The summed E-state index contributed by atoms with van der Waals surface area (Å²) < 4.78 is 16.7. The van der Waals surface area contributed by atoms with Crippen molar-refractivity contribution < 1.29 is 19.1 Å². The molecule has 156 valence electrons. The molecule has 0 radical (unpaired) electrons. The highest BCUT2D eigenvalue weighted by Gasteiger charge is 2.23. The smallest absolute Gasteiger partial charge is 0.337 e. The number of rotatable bonds is 7. The van der Waals surface area contributed by atoms with Crippen molar-refractivity contribution in [3.8, 4) is 11.1 Å². The molecular weight excluding hydrogens is 387 g/mol. The third-order valence-electron chi connectivity index (χ3n) is 4.98. The summed E-state index contributed by atoms with van der Waals surface area (Å²) in [7, 11) is 0. The van der Waals surface area contributed by atoms with Crippen molar-refractivity contribution in [3.63, 3.8) is 0 Å². The molecule has 0 fully saturated rings. The summed E-state index contributed by atoms with van der Waals surface area (Å²) in [6, 6.07) is 13.8.